The molecular weight excluding hydrogens is 455 g/mol. The van der Waals surface area contributed by atoms with E-state index >= 15 is 0 Å². The van der Waals surface area contributed by atoms with Gasteiger partial charge in [0.25, 0.3) is 11.8 Å². The molecule has 1 fully saturated rings. The number of nitrogens with zero attached hydrogens (tertiary/aromatic N) is 1. The van der Waals surface area contributed by atoms with Crippen LogP contribution in [0.4, 0.5) is 10.1 Å². The summed E-state index contributed by atoms with van der Waals surface area (Å²) in [5, 5.41) is 2.10. The first-order valence-corrected chi connectivity index (χ1v) is 10.1. The van der Waals surface area contributed by atoms with Crippen LogP contribution in [-0.2, 0) is 9.59 Å². The quantitative estimate of drug-likeness (QED) is 0.258. The molecule has 0 radical (unpaired) electrons. The SMILES string of the molecule is CC(=O)c1ccc(-c2ccc(/C=C3\C(=O)NC(=S)N(c4ccc(F)c(Cl)c4)C3=O)o2)cc1. The number of hydrogen-bond donors (Lipinski definition) is 1. The van der Waals surface area contributed by atoms with E-state index < -0.39 is 17.6 Å². The van der Waals surface area contributed by atoms with Gasteiger partial charge in [-0.05, 0) is 55.5 Å². The van der Waals surface area contributed by atoms with E-state index in [-0.39, 0.29) is 32.9 Å². The standard InChI is InChI=1S/C23H14ClFN2O4S/c1-12(28)13-2-4-14(5-3-13)20-9-7-16(31-20)11-17-21(29)26-23(32)27(22(17)30)15-6-8-19(25)18(24)10-15/h2-11H,1H3,(H,26,29,32)/b17-11+. The van der Waals surface area contributed by atoms with Crippen LogP contribution in [0.2, 0.25) is 5.02 Å². The number of Topliss-reactive ketones (excluding diaryl/α,β-unsaturated/α-hetero) is 1. The van der Waals surface area contributed by atoms with Crippen molar-refractivity contribution in [1.29, 1.82) is 0 Å². The summed E-state index contributed by atoms with van der Waals surface area (Å²) in [4.78, 5) is 37.9. The molecule has 0 bridgehead atoms. The molecule has 6 nitrogen and oxygen atoms in total. The minimum Gasteiger partial charge on any atom is -0.457 e. The Morgan fingerprint density at radius 3 is 2.50 bits per heavy atom. The first kappa shape index (κ1) is 21.6. The van der Waals surface area contributed by atoms with Crippen LogP contribution < -0.4 is 10.2 Å². The number of carbonyl (C=O) groups excluding carboxylic acids is 3. The summed E-state index contributed by atoms with van der Waals surface area (Å²) in [5.74, 6) is -1.33. The number of benzene rings is 2. The zero-order chi connectivity index (χ0) is 23.0. The average Bonchev–Trinajstić information content (AvgIpc) is 3.22. The van der Waals surface area contributed by atoms with Crippen LogP contribution in [0, 0.1) is 5.82 Å². The van der Waals surface area contributed by atoms with Crippen LogP contribution in [0.5, 0.6) is 0 Å². The molecule has 9 heteroatoms. The molecule has 3 aromatic rings. The van der Waals surface area contributed by atoms with Crippen LogP contribution in [0.25, 0.3) is 17.4 Å². The molecular formula is C23H14ClFN2O4S. The second-order valence-corrected chi connectivity index (χ2v) is 7.69. The summed E-state index contributed by atoms with van der Waals surface area (Å²) < 4.78 is 19.3. The van der Waals surface area contributed by atoms with Gasteiger partial charge in [0.1, 0.15) is 22.9 Å². The number of furan rings is 1. The van der Waals surface area contributed by atoms with E-state index in [1.54, 1.807) is 36.4 Å². The maximum absolute atomic E-state index is 13.5. The van der Waals surface area contributed by atoms with E-state index in [4.69, 9.17) is 28.2 Å². The fraction of sp³-hybridized carbons (Fsp3) is 0.0435. The Hall–Kier alpha value is -3.62. The maximum Gasteiger partial charge on any atom is 0.270 e. The molecule has 0 spiro atoms. The van der Waals surface area contributed by atoms with E-state index in [0.29, 0.717) is 11.3 Å². The molecule has 0 saturated carbocycles. The van der Waals surface area contributed by atoms with Gasteiger partial charge in [0.05, 0.1) is 10.7 Å². The lowest BCUT2D eigenvalue weighted by atomic mass is 10.1. The molecule has 1 aliphatic rings. The summed E-state index contributed by atoms with van der Waals surface area (Å²) in [6.07, 6.45) is 1.30. The van der Waals surface area contributed by atoms with Crippen LogP contribution >= 0.6 is 23.8 Å². The van der Waals surface area contributed by atoms with Crippen molar-refractivity contribution in [2.24, 2.45) is 0 Å². The lowest BCUT2D eigenvalue weighted by Gasteiger charge is -2.28. The van der Waals surface area contributed by atoms with Gasteiger partial charge in [-0.1, -0.05) is 35.9 Å². The first-order valence-electron chi connectivity index (χ1n) is 9.32. The Balaban J connectivity index is 1.65. The Morgan fingerprint density at radius 2 is 1.84 bits per heavy atom. The fourth-order valence-electron chi connectivity index (χ4n) is 3.11. The Kier molecular flexibility index (Phi) is 5.73. The molecule has 1 saturated heterocycles. The highest BCUT2D eigenvalue weighted by Gasteiger charge is 2.35. The number of hydrogen-bond acceptors (Lipinski definition) is 5. The highest BCUT2D eigenvalue weighted by Crippen LogP contribution is 2.28. The van der Waals surface area contributed by atoms with E-state index in [1.165, 1.54) is 25.1 Å². The topological polar surface area (TPSA) is 79.6 Å². The second kappa shape index (κ2) is 8.49. The fourth-order valence-corrected chi connectivity index (χ4v) is 3.57. The number of rotatable bonds is 4. The van der Waals surface area contributed by atoms with Crippen LogP contribution in [0.3, 0.4) is 0 Å². The number of nitrogens with one attached hydrogen (secondary N) is 1. The predicted molar refractivity (Wildman–Crippen MR) is 122 cm³/mol. The number of ketones is 1. The van der Waals surface area contributed by atoms with Gasteiger partial charge in [-0.2, -0.15) is 0 Å². The molecule has 4 rings (SSSR count). The van der Waals surface area contributed by atoms with Crippen LogP contribution in [0.1, 0.15) is 23.0 Å². The van der Waals surface area contributed by atoms with Crippen LogP contribution in [0.15, 0.2) is 64.6 Å². The van der Waals surface area contributed by atoms with E-state index in [2.05, 4.69) is 5.32 Å². The Labute approximate surface area is 192 Å². The van der Waals surface area contributed by atoms with E-state index in [0.717, 1.165) is 16.5 Å². The van der Waals surface area contributed by atoms with Crippen molar-refractivity contribution in [2.45, 2.75) is 6.92 Å². The van der Waals surface area contributed by atoms with Crippen molar-refractivity contribution in [3.05, 3.63) is 82.3 Å². The average molecular weight is 469 g/mol. The van der Waals surface area contributed by atoms with Crippen molar-refractivity contribution >= 4 is 58.3 Å². The lowest BCUT2D eigenvalue weighted by Crippen LogP contribution is -2.54. The minimum atomic E-state index is -0.704. The van der Waals surface area contributed by atoms with Gasteiger partial charge in [-0.25, -0.2) is 4.39 Å². The largest absolute Gasteiger partial charge is 0.457 e. The van der Waals surface area contributed by atoms with Crippen molar-refractivity contribution in [2.75, 3.05) is 4.90 Å². The smallest absolute Gasteiger partial charge is 0.270 e. The third kappa shape index (κ3) is 4.10. The van der Waals surface area contributed by atoms with Gasteiger partial charge in [-0.15, -0.1) is 0 Å². The summed E-state index contributed by atoms with van der Waals surface area (Å²) in [5.41, 5.74) is 1.29. The summed E-state index contributed by atoms with van der Waals surface area (Å²) in [7, 11) is 0. The van der Waals surface area contributed by atoms with Gasteiger partial charge in [0.2, 0.25) is 0 Å². The molecule has 0 atom stereocenters. The van der Waals surface area contributed by atoms with E-state index in [1.807, 2.05) is 0 Å². The molecule has 1 aliphatic heterocycles. The predicted octanol–water partition coefficient (Wildman–Crippen LogP) is 4.77. The highest BCUT2D eigenvalue weighted by molar-refractivity contribution is 7.80. The van der Waals surface area contributed by atoms with Gasteiger partial charge in [0.15, 0.2) is 10.9 Å². The Morgan fingerprint density at radius 1 is 1.12 bits per heavy atom. The summed E-state index contributed by atoms with van der Waals surface area (Å²) >= 11 is 10.9. The van der Waals surface area contributed by atoms with E-state index in [9.17, 15) is 18.8 Å². The molecule has 2 aromatic carbocycles. The van der Waals surface area contributed by atoms with Crippen LogP contribution in [-0.4, -0.2) is 22.7 Å². The zero-order valence-electron chi connectivity index (χ0n) is 16.5. The normalized spacial score (nSPS) is 15.3. The van der Waals surface area contributed by atoms with Crippen molar-refractivity contribution < 1.29 is 23.2 Å². The molecule has 2 heterocycles. The molecule has 0 aliphatic carbocycles. The molecule has 1 aromatic heterocycles. The zero-order valence-corrected chi connectivity index (χ0v) is 18.1. The number of carbonyl (C=O) groups is 3. The van der Waals surface area contributed by atoms with Gasteiger partial charge in [0, 0.05) is 11.1 Å². The number of halogens is 2. The maximum atomic E-state index is 13.5. The van der Waals surface area contributed by atoms with Crippen molar-refractivity contribution in [3.8, 4) is 11.3 Å². The van der Waals surface area contributed by atoms with Crippen molar-refractivity contribution in [1.82, 2.24) is 5.32 Å². The third-order valence-electron chi connectivity index (χ3n) is 4.75. The highest BCUT2D eigenvalue weighted by atomic mass is 35.5. The third-order valence-corrected chi connectivity index (χ3v) is 5.33. The van der Waals surface area contributed by atoms with Gasteiger partial charge >= 0.3 is 0 Å². The molecule has 0 unspecified atom stereocenters. The minimum absolute atomic E-state index is 0.0480. The monoisotopic (exact) mass is 468 g/mol. The molecule has 2 amide bonds. The summed E-state index contributed by atoms with van der Waals surface area (Å²) in [6, 6.07) is 13.8. The molecule has 1 N–H and O–H groups in total. The number of amides is 2. The molecule has 32 heavy (non-hydrogen) atoms. The number of thiocarbonyl (C=S) groups is 1. The van der Waals surface area contributed by atoms with Gasteiger partial charge < -0.3 is 4.42 Å². The first-order chi connectivity index (χ1) is 15.2. The van der Waals surface area contributed by atoms with Gasteiger partial charge in [-0.3, -0.25) is 24.6 Å². The lowest BCUT2D eigenvalue weighted by molar-refractivity contribution is -0.122. The summed E-state index contributed by atoms with van der Waals surface area (Å²) in [6.45, 7) is 1.48. The Bertz CT molecular complexity index is 1310. The van der Waals surface area contributed by atoms with Crippen molar-refractivity contribution in [3.63, 3.8) is 0 Å². The molecule has 160 valence electrons. The number of anilines is 1. The second-order valence-electron chi connectivity index (χ2n) is 6.89.